The van der Waals surface area contributed by atoms with Crippen molar-refractivity contribution in [3.05, 3.63) is 36.0 Å². The molecular formula is C20H28N2O. The van der Waals surface area contributed by atoms with Crippen LogP contribution in [0.25, 0.3) is 10.9 Å². The summed E-state index contributed by atoms with van der Waals surface area (Å²) in [4.78, 5) is 12.6. The third-order valence-corrected chi connectivity index (χ3v) is 5.21. The molecule has 3 rings (SSSR count). The maximum absolute atomic E-state index is 12.6. The Kier molecular flexibility index (Phi) is 4.47. The molecule has 0 fully saturated rings. The predicted octanol–water partition coefficient (Wildman–Crippen LogP) is 4.81. The lowest BCUT2D eigenvalue weighted by molar-refractivity contribution is -0.130. The van der Waals surface area contributed by atoms with Gasteiger partial charge in [-0.15, -0.1) is 0 Å². The number of nitrogens with zero attached hydrogens (tertiary/aromatic N) is 1. The summed E-state index contributed by atoms with van der Waals surface area (Å²) < 4.78 is 2.35. The molecule has 1 aromatic carbocycles. The Labute approximate surface area is 139 Å². The highest BCUT2D eigenvalue weighted by Crippen LogP contribution is 2.28. The molecule has 1 unspecified atom stereocenters. The smallest absolute Gasteiger partial charge is 0.226 e. The van der Waals surface area contributed by atoms with Gasteiger partial charge in [0, 0.05) is 23.7 Å². The van der Waals surface area contributed by atoms with Crippen molar-refractivity contribution in [1.29, 1.82) is 0 Å². The summed E-state index contributed by atoms with van der Waals surface area (Å²) >= 11 is 0. The van der Waals surface area contributed by atoms with E-state index in [9.17, 15) is 4.79 Å². The molecule has 0 radical (unpaired) electrons. The van der Waals surface area contributed by atoms with E-state index in [0.717, 1.165) is 19.4 Å². The first kappa shape index (κ1) is 16.1. The molecule has 1 aromatic heterocycles. The Morgan fingerprint density at radius 3 is 2.74 bits per heavy atom. The Hall–Kier alpha value is -1.77. The highest BCUT2D eigenvalue weighted by molar-refractivity contribution is 5.83. The Morgan fingerprint density at radius 1 is 1.13 bits per heavy atom. The summed E-state index contributed by atoms with van der Waals surface area (Å²) in [5.74, 6) is 0.164. The lowest BCUT2D eigenvalue weighted by Gasteiger charge is -2.26. The zero-order chi connectivity index (χ0) is 16.4. The molecule has 1 aliphatic rings. The molecule has 3 nitrogen and oxygen atoms in total. The van der Waals surface area contributed by atoms with Crippen LogP contribution in [0.4, 0.5) is 0 Å². The highest BCUT2D eigenvalue weighted by Gasteiger charge is 2.28. The number of carbonyl (C=O) groups excluding carboxylic acids is 1. The van der Waals surface area contributed by atoms with E-state index < -0.39 is 0 Å². The number of aryl methyl sites for hydroxylation is 1. The molecule has 1 amide bonds. The highest BCUT2D eigenvalue weighted by atomic mass is 16.2. The summed E-state index contributed by atoms with van der Waals surface area (Å²) in [5, 5.41) is 4.49. The van der Waals surface area contributed by atoms with Crippen LogP contribution in [0.3, 0.4) is 0 Å². The van der Waals surface area contributed by atoms with Gasteiger partial charge < -0.3 is 9.88 Å². The Morgan fingerprint density at radius 2 is 1.91 bits per heavy atom. The van der Waals surface area contributed by atoms with Gasteiger partial charge in [0.05, 0.1) is 6.04 Å². The van der Waals surface area contributed by atoms with E-state index in [1.165, 1.54) is 35.7 Å². The van der Waals surface area contributed by atoms with Crippen LogP contribution in [-0.4, -0.2) is 10.5 Å². The van der Waals surface area contributed by atoms with Gasteiger partial charge in [-0.25, -0.2) is 0 Å². The average molecular weight is 312 g/mol. The Balaban J connectivity index is 1.94. The number of rotatable bonds is 0. The lowest BCUT2D eigenvalue weighted by atomic mass is 9.85. The molecule has 0 aliphatic carbocycles. The van der Waals surface area contributed by atoms with E-state index in [1.807, 2.05) is 0 Å². The van der Waals surface area contributed by atoms with Gasteiger partial charge in [-0.1, -0.05) is 45.2 Å². The van der Waals surface area contributed by atoms with E-state index >= 15 is 0 Å². The van der Waals surface area contributed by atoms with Crippen LogP contribution in [0.2, 0.25) is 0 Å². The molecule has 23 heavy (non-hydrogen) atoms. The summed E-state index contributed by atoms with van der Waals surface area (Å²) in [7, 11) is 0. The van der Waals surface area contributed by atoms with E-state index in [4.69, 9.17) is 0 Å². The topological polar surface area (TPSA) is 34.0 Å². The van der Waals surface area contributed by atoms with Crippen molar-refractivity contribution in [2.75, 3.05) is 0 Å². The number of benzene rings is 1. The van der Waals surface area contributed by atoms with Crippen LogP contribution < -0.4 is 5.32 Å². The fourth-order valence-electron chi connectivity index (χ4n) is 3.46. The molecule has 1 aliphatic heterocycles. The third kappa shape index (κ3) is 3.44. The van der Waals surface area contributed by atoms with Gasteiger partial charge in [0.25, 0.3) is 0 Å². The van der Waals surface area contributed by atoms with Crippen molar-refractivity contribution in [2.45, 2.75) is 65.5 Å². The van der Waals surface area contributed by atoms with Crippen molar-refractivity contribution in [3.8, 4) is 0 Å². The first-order valence-electron chi connectivity index (χ1n) is 8.87. The average Bonchev–Trinajstić information content (AvgIpc) is 2.92. The van der Waals surface area contributed by atoms with Crippen LogP contribution in [-0.2, 0) is 11.3 Å². The number of hydrogen-bond acceptors (Lipinski definition) is 1. The van der Waals surface area contributed by atoms with Crippen molar-refractivity contribution < 1.29 is 4.79 Å². The van der Waals surface area contributed by atoms with Gasteiger partial charge in [0.2, 0.25) is 5.91 Å². The second-order valence-corrected chi connectivity index (χ2v) is 7.57. The molecular weight excluding hydrogens is 284 g/mol. The van der Waals surface area contributed by atoms with E-state index in [1.54, 1.807) is 0 Å². The standard InChI is InChI=1S/C20H28N2O/c1-15-17-9-8-16-10-13-22(18(16)14-17)12-7-5-4-6-11-20(2,3)19(23)21-15/h8-10,13-15H,4-7,11-12H2,1-3H3,(H,21,23). The lowest BCUT2D eigenvalue weighted by Crippen LogP contribution is -2.38. The summed E-state index contributed by atoms with van der Waals surface area (Å²) in [6.45, 7) is 7.29. The summed E-state index contributed by atoms with van der Waals surface area (Å²) in [5.41, 5.74) is 2.17. The monoisotopic (exact) mass is 312 g/mol. The quantitative estimate of drug-likeness (QED) is 0.744. The summed E-state index contributed by atoms with van der Waals surface area (Å²) in [6, 6.07) is 8.76. The number of carbonyl (C=O) groups is 1. The van der Waals surface area contributed by atoms with Crippen LogP contribution >= 0.6 is 0 Å². The van der Waals surface area contributed by atoms with Crippen molar-refractivity contribution in [2.24, 2.45) is 5.41 Å². The molecule has 124 valence electrons. The predicted molar refractivity (Wildman–Crippen MR) is 95.4 cm³/mol. The van der Waals surface area contributed by atoms with Gasteiger partial charge in [0.15, 0.2) is 0 Å². The molecule has 0 spiro atoms. The van der Waals surface area contributed by atoms with Gasteiger partial charge >= 0.3 is 0 Å². The maximum atomic E-state index is 12.6. The van der Waals surface area contributed by atoms with Gasteiger partial charge in [0.1, 0.15) is 0 Å². The molecule has 3 heteroatoms. The molecule has 2 aromatic rings. The number of fused-ring (bicyclic) bond motifs is 1. The van der Waals surface area contributed by atoms with E-state index in [2.05, 4.69) is 61.1 Å². The number of amides is 1. The largest absolute Gasteiger partial charge is 0.349 e. The third-order valence-electron chi connectivity index (χ3n) is 5.21. The van der Waals surface area contributed by atoms with Crippen molar-refractivity contribution >= 4 is 16.8 Å². The normalized spacial score (nSPS) is 22.7. The molecule has 0 saturated heterocycles. The van der Waals surface area contributed by atoms with Crippen LogP contribution in [0.15, 0.2) is 30.5 Å². The summed E-state index contributed by atoms with van der Waals surface area (Å²) in [6.07, 6.45) is 7.91. The second kappa shape index (κ2) is 6.38. The number of hydrogen-bond donors (Lipinski definition) is 1. The first-order chi connectivity index (χ1) is 11.0. The minimum Gasteiger partial charge on any atom is -0.349 e. The minimum atomic E-state index is -0.289. The Bertz CT molecular complexity index is 699. The van der Waals surface area contributed by atoms with Crippen LogP contribution in [0.1, 0.15) is 64.5 Å². The van der Waals surface area contributed by atoms with Crippen molar-refractivity contribution in [3.63, 3.8) is 0 Å². The SMILES string of the molecule is CC1NC(=O)C(C)(C)CCCCCCn2ccc3ccc1cc32. The van der Waals surface area contributed by atoms with Crippen LogP contribution in [0.5, 0.6) is 0 Å². The molecule has 2 bridgehead atoms. The van der Waals surface area contributed by atoms with Gasteiger partial charge in [-0.3, -0.25) is 4.79 Å². The second-order valence-electron chi connectivity index (χ2n) is 7.57. The van der Waals surface area contributed by atoms with E-state index in [-0.39, 0.29) is 17.4 Å². The van der Waals surface area contributed by atoms with Gasteiger partial charge in [-0.05, 0) is 42.8 Å². The van der Waals surface area contributed by atoms with Gasteiger partial charge in [-0.2, -0.15) is 0 Å². The fourth-order valence-corrected chi connectivity index (χ4v) is 3.46. The number of nitrogens with one attached hydrogen (secondary N) is 1. The number of aromatic nitrogens is 1. The maximum Gasteiger partial charge on any atom is 0.226 e. The van der Waals surface area contributed by atoms with Crippen molar-refractivity contribution in [1.82, 2.24) is 9.88 Å². The molecule has 0 saturated carbocycles. The zero-order valence-corrected chi connectivity index (χ0v) is 14.6. The minimum absolute atomic E-state index is 0.0393. The zero-order valence-electron chi connectivity index (χ0n) is 14.6. The van der Waals surface area contributed by atoms with Crippen LogP contribution in [0, 0.1) is 5.41 Å². The first-order valence-corrected chi connectivity index (χ1v) is 8.87. The molecule has 2 heterocycles. The molecule has 1 N–H and O–H groups in total. The van der Waals surface area contributed by atoms with E-state index in [0.29, 0.717) is 0 Å². The fraction of sp³-hybridized carbons (Fsp3) is 0.550. The molecule has 1 atom stereocenters.